The third-order valence-corrected chi connectivity index (χ3v) is 2.24. The number of nitrogens with two attached hydrogens (primary N) is 1. The molecule has 2 unspecified atom stereocenters. The number of rotatable bonds is 3. The second-order valence-corrected chi connectivity index (χ2v) is 2.91. The maximum atomic E-state index is 5.86. The molecular weight excluding hydrogens is 150 g/mol. The van der Waals surface area contributed by atoms with Crippen LogP contribution in [0.1, 0.15) is 6.42 Å². The van der Waals surface area contributed by atoms with Crippen molar-refractivity contribution in [3.63, 3.8) is 0 Å². The van der Waals surface area contributed by atoms with Gasteiger partial charge in [-0.1, -0.05) is 25.3 Å². The minimum Gasteiger partial charge on any atom is -0.375 e. The second kappa shape index (κ2) is 3.70. The number of methoxy groups -OCH3 is 1. The van der Waals surface area contributed by atoms with Gasteiger partial charge in [0, 0.05) is 13.2 Å². The van der Waals surface area contributed by atoms with E-state index in [1.807, 2.05) is 6.08 Å². The molecule has 0 bridgehead atoms. The fourth-order valence-electron chi connectivity index (χ4n) is 1.64. The van der Waals surface area contributed by atoms with Gasteiger partial charge in [0.25, 0.3) is 0 Å². The van der Waals surface area contributed by atoms with Crippen LogP contribution in [-0.2, 0) is 4.74 Å². The van der Waals surface area contributed by atoms with E-state index in [-0.39, 0.29) is 12.1 Å². The number of hydrogen-bond donors (Lipinski definition) is 1. The van der Waals surface area contributed by atoms with E-state index < -0.39 is 0 Å². The van der Waals surface area contributed by atoms with E-state index in [9.17, 15) is 0 Å². The van der Waals surface area contributed by atoms with Gasteiger partial charge in [-0.05, 0) is 17.6 Å². The quantitative estimate of drug-likeness (QED) is 0.686. The van der Waals surface area contributed by atoms with E-state index in [2.05, 4.69) is 13.2 Å². The molecule has 0 aliphatic heterocycles. The van der Waals surface area contributed by atoms with Gasteiger partial charge in [0.2, 0.25) is 0 Å². The molecule has 1 rings (SSSR count). The van der Waals surface area contributed by atoms with Gasteiger partial charge < -0.3 is 10.5 Å². The zero-order chi connectivity index (χ0) is 9.14. The fourth-order valence-corrected chi connectivity index (χ4v) is 1.64. The van der Waals surface area contributed by atoms with Gasteiger partial charge in [0.15, 0.2) is 0 Å². The minimum absolute atomic E-state index is 0.00417. The monoisotopic (exact) mass is 165 g/mol. The van der Waals surface area contributed by atoms with E-state index >= 15 is 0 Å². The molecule has 0 saturated carbocycles. The van der Waals surface area contributed by atoms with E-state index in [0.29, 0.717) is 0 Å². The summed E-state index contributed by atoms with van der Waals surface area (Å²) < 4.78 is 5.26. The molecule has 0 aromatic heterocycles. The molecular formula is C10H15NO. The summed E-state index contributed by atoms with van der Waals surface area (Å²) in [5, 5.41) is 0. The van der Waals surface area contributed by atoms with Crippen LogP contribution in [0.15, 0.2) is 36.5 Å². The normalized spacial score (nSPS) is 29.2. The summed E-state index contributed by atoms with van der Waals surface area (Å²) in [5.74, 6) is 0. The molecule has 66 valence electrons. The van der Waals surface area contributed by atoms with Crippen LogP contribution in [0.5, 0.6) is 0 Å². The van der Waals surface area contributed by atoms with Crippen molar-refractivity contribution in [1.82, 2.24) is 0 Å². The van der Waals surface area contributed by atoms with Crippen molar-refractivity contribution in [3.8, 4) is 0 Å². The van der Waals surface area contributed by atoms with Gasteiger partial charge in [-0.2, -0.15) is 0 Å². The Morgan fingerprint density at radius 1 is 1.50 bits per heavy atom. The Kier molecular flexibility index (Phi) is 2.84. The Bertz CT molecular complexity index is 230. The van der Waals surface area contributed by atoms with Crippen molar-refractivity contribution in [2.24, 2.45) is 5.73 Å². The summed E-state index contributed by atoms with van der Waals surface area (Å²) in [6.07, 6.45) is 4.47. The molecule has 12 heavy (non-hydrogen) atoms. The molecule has 0 saturated heterocycles. The van der Waals surface area contributed by atoms with Crippen LogP contribution < -0.4 is 5.73 Å². The molecule has 1 aliphatic carbocycles. The lowest BCUT2D eigenvalue weighted by molar-refractivity contribution is 0.120. The Morgan fingerprint density at radius 2 is 2.17 bits per heavy atom. The Labute approximate surface area is 73.4 Å². The highest BCUT2D eigenvalue weighted by atomic mass is 16.5. The van der Waals surface area contributed by atoms with Crippen molar-refractivity contribution < 1.29 is 4.74 Å². The molecule has 0 heterocycles. The van der Waals surface area contributed by atoms with Crippen molar-refractivity contribution in [2.45, 2.75) is 18.6 Å². The molecule has 0 fully saturated rings. The van der Waals surface area contributed by atoms with Gasteiger partial charge in [-0.15, -0.1) is 0 Å². The standard InChI is InChI=1S/C10H15NO/c1-4-7-6-9(11)10(12-3)8(7)5-2/h4-5,9-10H,1-2,6,11H2,3H3. The van der Waals surface area contributed by atoms with Crippen LogP contribution in [-0.4, -0.2) is 19.3 Å². The van der Waals surface area contributed by atoms with E-state index in [4.69, 9.17) is 10.5 Å². The van der Waals surface area contributed by atoms with Crippen LogP contribution in [0, 0.1) is 0 Å². The van der Waals surface area contributed by atoms with Crippen molar-refractivity contribution >= 4 is 0 Å². The molecule has 0 amide bonds. The molecule has 2 N–H and O–H groups in total. The zero-order valence-electron chi connectivity index (χ0n) is 7.42. The smallest absolute Gasteiger partial charge is 0.0977 e. The predicted molar refractivity (Wildman–Crippen MR) is 50.8 cm³/mol. The summed E-state index contributed by atoms with van der Waals surface area (Å²) in [6.45, 7) is 7.46. The first-order valence-electron chi connectivity index (χ1n) is 4.00. The molecule has 0 radical (unpaired) electrons. The second-order valence-electron chi connectivity index (χ2n) is 2.91. The first-order chi connectivity index (χ1) is 5.74. The summed E-state index contributed by atoms with van der Waals surface area (Å²) in [7, 11) is 1.67. The van der Waals surface area contributed by atoms with Crippen molar-refractivity contribution in [1.29, 1.82) is 0 Å². The zero-order valence-corrected chi connectivity index (χ0v) is 7.42. The molecule has 1 aliphatic rings. The Hall–Kier alpha value is -0.860. The van der Waals surface area contributed by atoms with Gasteiger partial charge in [0.1, 0.15) is 0 Å². The Balaban J connectivity index is 2.94. The summed E-state index contributed by atoms with van der Waals surface area (Å²) in [5.41, 5.74) is 8.10. The third kappa shape index (κ3) is 1.36. The number of hydrogen-bond acceptors (Lipinski definition) is 2. The average molecular weight is 165 g/mol. The number of ether oxygens (including phenoxy) is 1. The first kappa shape index (κ1) is 9.23. The van der Waals surface area contributed by atoms with Crippen LogP contribution in [0.4, 0.5) is 0 Å². The fraction of sp³-hybridized carbons (Fsp3) is 0.400. The predicted octanol–water partition coefficient (Wildman–Crippen LogP) is 1.40. The topological polar surface area (TPSA) is 35.2 Å². The average Bonchev–Trinajstić information content (AvgIpc) is 2.40. The van der Waals surface area contributed by atoms with E-state index in [1.54, 1.807) is 13.2 Å². The van der Waals surface area contributed by atoms with Crippen LogP contribution in [0.3, 0.4) is 0 Å². The van der Waals surface area contributed by atoms with Crippen molar-refractivity contribution in [2.75, 3.05) is 7.11 Å². The highest BCUT2D eigenvalue weighted by Gasteiger charge is 2.29. The van der Waals surface area contributed by atoms with Crippen LogP contribution in [0.2, 0.25) is 0 Å². The van der Waals surface area contributed by atoms with Crippen LogP contribution in [0.25, 0.3) is 0 Å². The lowest BCUT2D eigenvalue weighted by atomic mass is 10.1. The summed E-state index contributed by atoms with van der Waals surface area (Å²) >= 11 is 0. The lowest BCUT2D eigenvalue weighted by Crippen LogP contribution is -2.32. The maximum Gasteiger partial charge on any atom is 0.0977 e. The van der Waals surface area contributed by atoms with Crippen molar-refractivity contribution in [3.05, 3.63) is 36.5 Å². The molecule has 2 atom stereocenters. The highest BCUT2D eigenvalue weighted by molar-refractivity contribution is 5.40. The van der Waals surface area contributed by atoms with E-state index in [0.717, 1.165) is 17.6 Å². The molecule has 2 heteroatoms. The Morgan fingerprint density at radius 3 is 2.58 bits per heavy atom. The number of allylic oxidation sites excluding steroid dienone is 1. The summed E-state index contributed by atoms with van der Waals surface area (Å²) in [4.78, 5) is 0. The highest BCUT2D eigenvalue weighted by Crippen LogP contribution is 2.28. The SMILES string of the molecule is C=CC1=C(C=C)C(OC)C(N)C1. The first-order valence-corrected chi connectivity index (χ1v) is 4.00. The van der Waals surface area contributed by atoms with Crippen LogP contribution >= 0.6 is 0 Å². The molecule has 2 nitrogen and oxygen atoms in total. The molecule has 0 aromatic carbocycles. The molecule has 0 spiro atoms. The lowest BCUT2D eigenvalue weighted by Gasteiger charge is -2.15. The van der Waals surface area contributed by atoms with Gasteiger partial charge in [-0.3, -0.25) is 0 Å². The van der Waals surface area contributed by atoms with Gasteiger partial charge in [0.05, 0.1) is 6.10 Å². The van der Waals surface area contributed by atoms with Gasteiger partial charge >= 0.3 is 0 Å². The largest absolute Gasteiger partial charge is 0.375 e. The van der Waals surface area contributed by atoms with Gasteiger partial charge in [-0.25, -0.2) is 0 Å². The minimum atomic E-state index is -0.00417. The molecule has 0 aromatic rings. The third-order valence-electron chi connectivity index (χ3n) is 2.24. The maximum absolute atomic E-state index is 5.86. The summed E-state index contributed by atoms with van der Waals surface area (Å²) in [6, 6.07) is 0.0519. The van der Waals surface area contributed by atoms with E-state index in [1.165, 1.54) is 0 Å².